The van der Waals surface area contributed by atoms with Gasteiger partial charge in [0.05, 0.1) is 5.69 Å². The lowest BCUT2D eigenvalue weighted by molar-refractivity contribution is 1.58. The van der Waals surface area contributed by atoms with Gasteiger partial charge in [-0.3, -0.25) is 0 Å². The molecular weight excluding hydrogens is 157 g/mol. The van der Waals surface area contributed by atoms with Crippen molar-refractivity contribution in [3.05, 3.63) is 30.3 Å². The fraction of sp³-hybridized carbons (Fsp3) is 0. The van der Waals surface area contributed by atoms with Gasteiger partial charge in [-0.25, -0.2) is 0 Å². The molecule has 0 radical (unpaired) electrons. The summed E-state index contributed by atoms with van der Waals surface area (Å²) in [6.45, 7) is 0. The van der Waals surface area contributed by atoms with Gasteiger partial charge in [0.1, 0.15) is 0 Å². The number of halogens is 2. The summed E-state index contributed by atoms with van der Waals surface area (Å²) in [5, 5.41) is 0. The molecule has 0 saturated carbocycles. The topological polar surface area (TPSA) is 3.24 Å². The van der Waals surface area contributed by atoms with Gasteiger partial charge in [0.15, 0.2) is 0 Å². The first-order valence-corrected chi connectivity index (χ1v) is 3.15. The van der Waals surface area contributed by atoms with E-state index in [1.54, 1.807) is 0 Å². The third-order valence-corrected chi connectivity index (χ3v) is 1.34. The molecule has 0 aliphatic rings. The maximum absolute atomic E-state index is 5.40. The summed E-state index contributed by atoms with van der Waals surface area (Å²) in [5.74, 6) is 0. The van der Waals surface area contributed by atoms with Gasteiger partial charge < -0.3 is 0 Å². The van der Waals surface area contributed by atoms with Crippen LogP contribution in [0.5, 0.6) is 0 Å². The molecule has 0 unspecified atom stereocenters. The largest absolute Gasteiger partial charge is 0.194 e. The summed E-state index contributed by atoms with van der Waals surface area (Å²) >= 11 is 10.8. The van der Waals surface area contributed by atoms with Crippen molar-refractivity contribution in [2.24, 2.45) is 0 Å². The molecule has 3 heteroatoms. The first-order chi connectivity index (χ1) is 4.30. The number of anilines is 1. The van der Waals surface area contributed by atoms with Crippen molar-refractivity contribution in [3.8, 4) is 0 Å². The second-order valence-corrected chi connectivity index (χ2v) is 2.42. The second kappa shape index (κ2) is 2.95. The van der Waals surface area contributed by atoms with Crippen molar-refractivity contribution >= 4 is 29.2 Å². The Hall–Kier alpha value is -0.400. The summed E-state index contributed by atoms with van der Waals surface area (Å²) in [6.07, 6.45) is 0. The van der Waals surface area contributed by atoms with Gasteiger partial charge >= 0.3 is 0 Å². The molecule has 0 fully saturated rings. The van der Waals surface area contributed by atoms with Gasteiger partial charge in [-0.2, -0.15) is 3.94 Å². The number of para-hydroxylation sites is 1. The highest BCUT2D eigenvalue weighted by Gasteiger charge is 1.93. The third-order valence-electron chi connectivity index (χ3n) is 0.951. The molecule has 0 aliphatic carbocycles. The minimum atomic E-state index is 0.779. The lowest BCUT2D eigenvalue weighted by Gasteiger charge is -2.02. The highest BCUT2D eigenvalue weighted by Crippen LogP contribution is 2.16. The normalized spacial score (nSPS) is 9.11. The predicted molar refractivity (Wildman–Crippen MR) is 40.6 cm³/mol. The van der Waals surface area contributed by atoms with Gasteiger partial charge in [-0.05, 0) is 12.1 Å². The number of benzene rings is 1. The summed E-state index contributed by atoms with van der Waals surface area (Å²) in [6, 6.07) is 9.28. The fourth-order valence-electron chi connectivity index (χ4n) is 0.541. The number of hydrogen-bond acceptors (Lipinski definition) is 1. The zero-order chi connectivity index (χ0) is 6.69. The summed E-state index contributed by atoms with van der Waals surface area (Å²) in [5.41, 5.74) is 0.779. The van der Waals surface area contributed by atoms with E-state index in [1.807, 2.05) is 30.3 Å². The summed E-state index contributed by atoms with van der Waals surface area (Å²) in [7, 11) is 0. The highest BCUT2D eigenvalue weighted by molar-refractivity contribution is 6.49. The molecule has 0 bridgehead atoms. The monoisotopic (exact) mass is 161 g/mol. The zero-order valence-electron chi connectivity index (χ0n) is 4.59. The van der Waals surface area contributed by atoms with Gasteiger partial charge in [0.25, 0.3) is 0 Å². The van der Waals surface area contributed by atoms with E-state index in [0.717, 1.165) is 9.63 Å². The van der Waals surface area contributed by atoms with E-state index in [4.69, 9.17) is 23.6 Å². The standard InChI is InChI=1S/C6H5Cl2N/c7-9(8)6-4-2-1-3-5-6/h1-5H. The van der Waals surface area contributed by atoms with Crippen LogP contribution in [0.2, 0.25) is 0 Å². The molecule has 1 aromatic rings. The smallest absolute Gasteiger partial charge is 0.0709 e. The van der Waals surface area contributed by atoms with Crippen LogP contribution in [0.1, 0.15) is 0 Å². The van der Waals surface area contributed by atoms with E-state index in [-0.39, 0.29) is 0 Å². The van der Waals surface area contributed by atoms with Crippen LogP contribution in [-0.4, -0.2) is 0 Å². The molecule has 0 atom stereocenters. The van der Waals surface area contributed by atoms with Crippen LogP contribution in [-0.2, 0) is 0 Å². The maximum Gasteiger partial charge on any atom is 0.0709 e. The molecule has 9 heavy (non-hydrogen) atoms. The molecule has 0 aliphatic heterocycles. The van der Waals surface area contributed by atoms with Crippen LogP contribution in [0.4, 0.5) is 5.69 Å². The molecule has 0 saturated heterocycles. The average Bonchev–Trinajstić information content (AvgIpc) is 1.90. The van der Waals surface area contributed by atoms with E-state index >= 15 is 0 Å². The van der Waals surface area contributed by atoms with E-state index in [2.05, 4.69) is 0 Å². The lowest BCUT2D eigenvalue weighted by Crippen LogP contribution is -1.89. The van der Waals surface area contributed by atoms with Crippen molar-refractivity contribution in [2.45, 2.75) is 0 Å². The minimum absolute atomic E-state index is 0.779. The van der Waals surface area contributed by atoms with Crippen LogP contribution in [0, 0.1) is 0 Å². The molecule has 0 spiro atoms. The summed E-state index contributed by atoms with van der Waals surface area (Å²) < 4.78 is 1.03. The quantitative estimate of drug-likeness (QED) is 0.574. The van der Waals surface area contributed by atoms with Crippen molar-refractivity contribution in [1.82, 2.24) is 0 Å². The van der Waals surface area contributed by atoms with Crippen LogP contribution >= 0.6 is 23.6 Å². The van der Waals surface area contributed by atoms with E-state index in [9.17, 15) is 0 Å². The maximum atomic E-state index is 5.40. The molecule has 48 valence electrons. The van der Waals surface area contributed by atoms with Gasteiger partial charge in [0, 0.05) is 23.6 Å². The third kappa shape index (κ3) is 1.77. The highest BCUT2D eigenvalue weighted by atomic mass is 35.5. The number of rotatable bonds is 1. The predicted octanol–water partition coefficient (Wildman–Crippen LogP) is 2.80. The molecular formula is C6H5Cl2N. The number of nitrogens with zero attached hydrogens (tertiary/aromatic N) is 1. The average molecular weight is 162 g/mol. The van der Waals surface area contributed by atoms with Crippen molar-refractivity contribution < 1.29 is 0 Å². The lowest BCUT2D eigenvalue weighted by atomic mass is 10.3. The van der Waals surface area contributed by atoms with Crippen molar-refractivity contribution in [3.63, 3.8) is 0 Å². The molecule has 1 rings (SSSR count). The Morgan fingerprint density at radius 1 is 1.00 bits per heavy atom. The molecule has 1 aromatic carbocycles. The van der Waals surface area contributed by atoms with Gasteiger partial charge in [-0.1, -0.05) is 18.2 Å². The van der Waals surface area contributed by atoms with Crippen molar-refractivity contribution in [1.29, 1.82) is 0 Å². The Bertz CT molecular complexity index is 174. The van der Waals surface area contributed by atoms with Gasteiger partial charge in [-0.15, -0.1) is 0 Å². The van der Waals surface area contributed by atoms with E-state index in [1.165, 1.54) is 0 Å². The van der Waals surface area contributed by atoms with Gasteiger partial charge in [0.2, 0.25) is 0 Å². The van der Waals surface area contributed by atoms with Crippen LogP contribution in [0.15, 0.2) is 30.3 Å². The Balaban J connectivity index is 2.85. The first kappa shape index (κ1) is 6.72. The SMILES string of the molecule is ClN(Cl)c1ccccc1. The van der Waals surface area contributed by atoms with Crippen LogP contribution < -0.4 is 3.94 Å². The first-order valence-electron chi connectivity index (χ1n) is 2.47. The number of hydrogen-bond donors (Lipinski definition) is 0. The van der Waals surface area contributed by atoms with Crippen molar-refractivity contribution in [2.75, 3.05) is 3.94 Å². The Morgan fingerprint density at radius 2 is 1.56 bits per heavy atom. The minimum Gasteiger partial charge on any atom is -0.194 e. The molecule has 0 heterocycles. The summed E-state index contributed by atoms with van der Waals surface area (Å²) in [4.78, 5) is 0. The Kier molecular flexibility index (Phi) is 2.20. The second-order valence-electron chi connectivity index (χ2n) is 1.57. The Morgan fingerprint density at radius 3 is 1.89 bits per heavy atom. The van der Waals surface area contributed by atoms with Crippen LogP contribution in [0.3, 0.4) is 0 Å². The molecule has 1 nitrogen and oxygen atoms in total. The van der Waals surface area contributed by atoms with E-state index in [0.29, 0.717) is 0 Å². The molecule has 0 amide bonds. The zero-order valence-corrected chi connectivity index (χ0v) is 6.10. The Labute approximate surface area is 64.0 Å². The fourth-order valence-corrected chi connectivity index (χ4v) is 0.766. The van der Waals surface area contributed by atoms with Crippen LogP contribution in [0.25, 0.3) is 0 Å². The van der Waals surface area contributed by atoms with E-state index < -0.39 is 0 Å². The molecule has 0 N–H and O–H groups in total. The molecule has 0 aromatic heterocycles.